The number of hydrogen-bond acceptors (Lipinski definition) is 3. The van der Waals surface area contributed by atoms with Crippen molar-refractivity contribution in [3.8, 4) is 0 Å². The SMILES string of the molecule is CCN(NC)C(C)(C)O. The minimum Gasteiger partial charge on any atom is -0.375 e. The van der Waals surface area contributed by atoms with Gasteiger partial charge in [-0.3, -0.25) is 5.43 Å². The van der Waals surface area contributed by atoms with Crippen LogP contribution in [0.15, 0.2) is 0 Å². The first-order chi connectivity index (χ1) is 4.02. The Morgan fingerprint density at radius 1 is 1.56 bits per heavy atom. The third-order valence-corrected chi connectivity index (χ3v) is 1.25. The minimum absolute atomic E-state index is 0.760. The monoisotopic (exact) mass is 132 g/mol. The third-order valence-electron chi connectivity index (χ3n) is 1.25. The fourth-order valence-corrected chi connectivity index (χ4v) is 0.819. The first-order valence-corrected chi connectivity index (χ1v) is 3.19. The number of hydrazine groups is 1. The molecule has 3 nitrogen and oxygen atoms in total. The van der Waals surface area contributed by atoms with Crippen molar-refractivity contribution in [1.82, 2.24) is 10.4 Å². The lowest BCUT2D eigenvalue weighted by Gasteiger charge is -2.31. The molecule has 0 aliphatic rings. The highest BCUT2D eigenvalue weighted by Gasteiger charge is 2.19. The van der Waals surface area contributed by atoms with E-state index >= 15 is 0 Å². The summed E-state index contributed by atoms with van der Waals surface area (Å²) in [5.41, 5.74) is 2.11. The Morgan fingerprint density at radius 3 is 2.00 bits per heavy atom. The number of nitrogens with one attached hydrogen (secondary N) is 1. The molecule has 2 N–H and O–H groups in total. The summed E-state index contributed by atoms with van der Waals surface area (Å²) in [5, 5.41) is 11.1. The molecule has 0 atom stereocenters. The zero-order chi connectivity index (χ0) is 7.49. The van der Waals surface area contributed by atoms with Crippen LogP contribution in [0.4, 0.5) is 0 Å². The Hall–Kier alpha value is -0.120. The van der Waals surface area contributed by atoms with Gasteiger partial charge in [-0.25, -0.2) is 5.01 Å². The lowest BCUT2D eigenvalue weighted by molar-refractivity contribution is -0.100. The average Bonchev–Trinajstić information content (AvgIpc) is 1.65. The Morgan fingerprint density at radius 2 is 2.00 bits per heavy atom. The van der Waals surface area contributed by atoms with Crippen LogP contribution in [0.3, 0.4) is 0 Å². The van der Waals surface area contributed by atoms with Gasteiger partial charge >= 0.3 is 0 Å². The van der Waals surface area contributed by atoms with Gasteiger partial charge < -0.3 is 5.11 Å². The van der Waals surface area contributed by atoms with E-state index in [1.807, 2.05) is 6.92 Å². The highest BCUT2D eigenvalue weighted by molar-refractivity contribution is 4.61. The van der Waals surface area contributed by atoms with Crippen LogP contribution in [0.5, 0.6) is 0 Å². The molecule has 0 aromatic rings. The molecule has 0 rings (SSSR count). The second kappa shape index (κ2) is 3.15. The predicted molar refractivity (Wildman–Crippen MR) is 37.7 cm³/mol. The summed E-state index contributed by atoms with van der Waals surface area (Å²) in [5.74, 6) is 0. The lowest BCUT2D eigenvalue weighted by Crippen LogP contribution is -2.50. The highest BCUT2D eigenvalue weighted by Crippen LogP contribution is 2.04. The summed E-state index contributed by atoms with van der Waals surface area (Å²) in [6.07, 6.45) is 0. The van der Waals surface area contributed by atoms with E-state index in [1.165, 1.54) is 0 Å². The summed E-state index contributed by atoms with van der Waals surface area (Å²) in [4.78, 5) is 0. The molecule has 56 valence electrons. The quantitative estimate of drug-likeness (QED) is 0.424. The zero-order valence-electron chi connectivity index (χ0n) is 6.60. The molecular weight excluding hydrogens is 116 g/mol. The van der Waals surface area contributed by atoms with Crippen molar-refractivity contribution in [2.24, 2.45) is 0 Å². The van der Waals surface area contributed by atoms with Crippen molar-refractivity contribution in [2.75, 3.05) is 13.6 Å². The van der Waals surface area contributed by atoms with Gasteiger partial charge in [0, 0.05) is 6.54 Å². The van der Waals surface area contributed by atoms with Gasteiger partial charge in [-0.15, -0.1) is 0 Å². The van der Waals surface area contributed by atoms with Crippen molar-refractivity contribution in [2.45, 2.75) is 26.5 Å². The molecule has 3 heteroatoms. The number of nitrogens with zero attached hydrogens (tertiary/aromatic N) is 1. The maximum Gasteiger partial charge on any atom is 0.125 e. The van der Waals surface area contributed by atoms with E-state index in [0.717, 1.165) is 6.54 Å². The lowest BCUT2D eigenvalue weighted by atomic mass is 10.3. The number of hydrogen-bond donors (Lipinski definition) is 2. The van der Waals surface area contributed by atoms with E-state index in [0.29, 0.717) is 0 Å². The van der Waals surface area contributed by atoms with Gasteiger partial charge in [0.05, 0.1) is 0 Å². The molecule has 0 saturated heterocycles. The van der Waals surface area contributed by atoms with Gasteiger partial charge in [-0.2, -0.15) is 0 Å². The van der Waals surface area contributed by atoms with Crippen LogP contribution in [0.1, 0.15) is 20.8 Å². The molecule has 0 radical (unpaired) electrons. The van der Waals surface area contributed by atoms with Crippen molar-refractivity contribution in [3.63, 3.8) is 0 Å². The average molecular weight is 132 g/mol. The summed E-state index contributed by atoms with van der Waals surface area (Å²) >= 11 is 0. The molecule has 9 heavy (non-hydrogen) atoms. The molecule has 0 aliphatic carbocycles. The molecule has 0 aromatic carbocycles. The molecular formula is C6H16N2O. The van der Waals surface area contributed by atoms with Gasteiger partial charge in [0.1, 0.15) is 5.72 Å². The van der Waals surface area contributed by atoms with Crippen LogP contribution in [0, 0.1) is 0 Å². The molecule has 0 saturated carbocycles. The van der Waals surface area contributed by atoms with Crippen LogP contribution >= 0.6 is 0 Å². The minimum atomic E-state index is -0.760. The zero-order valence-corrected chi connectivity index (χ0v) is 6.60. The topological polar surface area (TPSA) is 35.5 Å². The Kier molecular flexibility index (Phi) is 3.11. The highest BCUT2D eigenvalue weighted by atomic mass is 16.3. The van der Waals surface area contributed by atoms with E-state index < -0.39 is 5.72 Å². The Bertz CT molecular complexity index is 73.6. The number of rotatable bonds is 3. The maximum atomic E-state index is 9.34. The summed E-state index contributed by atoms with van der Waals surface area (Å²) in [6, 6.07) is 0. The second-order valence-electron chi connectivity index (χ2n) is 2.46. The maximum absolute atomic E-state index is 9.34. The molecule has 0 aromatic heterocycles. The van der Waals surface area contributed by atoms with Gasteiger partial charge in [-0.1, -0.05) is 6.92 Å². The van der Waals surface area contributed by atoms with E-state index in [4.69, 9.17) is 0 Å². The summed E-state index contributed by atoms with van der Waals surface area (Å²) in [6.45, 7) is 6.26. The smallest absolute Gasteiger partial charge is 0.125 e. The van der Waals surface area contributed by atoms with Gasteiger partial charge in [0.25, 0.3) is 0 Å². The van der Waals surface area contributed by atoms with Crippen LogP contribution in [-0.4, -0.2) is 29.4 Å². The van der Waals surface area contributed by atoms with Crippen molar-refractivity contribution >= 4 is 0 Å². The predicted octanol–water partition coefficient (Wildman–Crippen LogP) is 0.171. The van der Waals surface area contributed by atoms with E-state index in [-0.39, 0.29) is 0 Å². The van der Waals surface area contributed by atoms with Crippen LogP contribution in [0.2, 0.25) is 0 Å². The second-order valence-corrected chi connectivity index (χ2v) is 2.46. The largest absolute Gasteiger partial charge is 0.375 e. The van der Waals surface area contributed by atoms with E-state index in [9.17, 15) is 5.11 Å². The van der Waals surface area contributed by atoms with Crippen LogP contribution in [-0.2, 0) is 0 Å². The van der Waals surface area contributed by atoms with Crippen molar-refractivity contribution in [3.05, 3.63) is 0 Å². The first kappa shape index (κ1) is 8.88. The fourth-order valence-electron chi connectivity index (χ4n) is 0.819. The van der Waals surface area contributed by atoms with Crippen molar-refractivity contribution in [1.29, 1.82) is 0 Å². The molecule has 0 aliphatic heterocycles. The molecule has 0 bridgehead atoms. The van der Waals surface area contributed by atoms with Crippen molar-refractivity contribution < 1.29 is 5.11 Å². The normalized spacial score (nSPS) is 12.7. The molecule has 0 unspecified atom stereocenters. The standard InChI is InChI=1S/C6H16N2O/c1-5-8(7-4)6(2,3)9/h7,9H,5H2,1-4H3. The summed E-state index contributed by atoms with van der Waals surface area (Å²) in [7, 11) is 1.79. The molecule has 0 heterocycles. The molecule has 0 spiro atoms. The van der Waals surface area contributed by atoms with Gasteiger partial charge in [0.15, 0.2) is 0 Å². The van der Waals surface area contributed by atoms with E-state index in [2.05, 4.69) is 5.43 Å². The fraction of sp³-hybridized carbons (Fsp3) is 1.00. The molecule has 0 fully saturated rings. The molecule has 0 amide bonds. The van der Waals surface area contributed by atoms with Crippen LogP contribution < -0.4 is 5.43 Å². The Balaban J connectivity index is 3.79. The Labute approximate surface area is 56.6 Å². The first-order valence-electron chi connectivity index (χ1n) is 3.19. The van der Waals surface area contributed by atoms with Crippen LogP contribution in [0.25, 0.3) is 0 Å². The van der Waals surface area contributed by atoms with E-state index in [1.54, 1.807) is 25.9 Å². The third kappa shape index (κ3) is 2.79. The van der Waals surface area contributed by atoms with Gasteiger partial charge in [-0.05, 0) is 20.9 Å². The summed E-state index contributed by atoms with van der Waals surface area (Å²) < 4.78 is 0. The number of aliphatic hydroxyl groups is 1. The van der Waals surface area contributed by atoms with Gasteiger partial charge in [0.2, 0.25) is 0 Å².